The number of thioether (sulfide) groups is 1. The van der Waals surface area contributed by atoms with E-state index in [2.05, 4.69) is 20.0 Å². The Bertz CT molecular complexity index is 369. The van der Waals surface area contributed by atoms with E-state index in [1.54, 1.807) is 0 Å². The van der Waals surface area contributed by atoms with Gasteiger partial charge in [0.1, 0.15) is 0 Å². The highest BCUT2D eigenvalue weighted by atomic mass is 32.2. The van der Waals surface area contributed by atoms with E-state index in [4.69, 9.17) is 5.53 Å². The molecule has 0 fully saturated rings. The third-order valence-electron chi connectivity index (χ3n) is 1.14. The van der Waals surface area contributed by atoms with Gasteiger partial charge in [-0.25, -0.2) is 4.98 Å². The molecule has 7 heteroatoms. The van der Waals surface area contributed by atoms with Crippen LogP contribution < -0.4 is 5.56 Å². The first kappa shape index (κ1) is 9.63. The summed E-state index contributed by atoms with van der Waals surface area (Å²) in [5, 5.41) is 3.89. The summed E-state index contributed by atoms with van der Waals surface area (Å²) in [7, 11) is 0. The molecule has 0 unspecified atom stereocenters. The van der Waals surface area contributed by atoms with Crippen molar-refractivity contribution < 1.29 is 0 Å². The summed E-state index contributed by atoms with van der Waals surface area (Å²) in [4.78, 5) is 19.8. The minimum atomic E-state index is -0.179. The minimum absolute atomic E-state index is 0.179. The molecule has 1 N–H and O–H groups in total. The van der Waals surface area contributed by atoms with Crippen LogP contribution in [0.1, 0.15) is 0 Å². The molecule has 0 amide bonds. The maximum Gasteiger partial charge on any atom is 0.251 e. The van der Waals surface area contributed by atoms with Crippen LogP contribution in [0.4, 0.5) is 0 Å². The van der Waals surface area contributed by atoms with E-state index in [9.17, 15) is 4.79 Å². The summed E-state index contributed by atoms with van der Waals surface area (Å²) in [6, 6.07) is 1.34. The molecule has 1 aromatic heterocycles. The van der Waals surface area contributed by atoms with Gasteiger partial charge >= 0.3 is 0 Å². The first-order valence-corrected chi connectivity index (χ1v) is 4.50. The molecular formula is C6H7N5OS. The molecule has 0 aliphatic rings. The smallest absolute Gasteiger partial charge is 0.251 e. The number of aromatic nitrogens is 2. The number of aromatic amines is 1. The van der Waals surface area contributed by atoms with Crippen LogP contribution in [-0.4, -0.2) is 22.3 Å². The van der Waals surface area contributed by atoms with E-state index in [1.165, 1.54) is 24.0 Å². The molecule has 0 radical (unpaired) electrons. The molecule has 1 rings (SSSR count). The first-order chi connectivity index (χ1) is 6.33. The van der Waals surface area contributed by atoms with Gasteiger partial charge in [0.2, 0.25) is 0 Å². The molecule has 0 aliphatic heterocycles. The predicted octanol–water partition coefficient (Wildman–Crippen LogP) is 1.17. The Labute approximate surface area is 78.0 Å². The molecule has 0 aromatic carbocycles. The number of rotatable bonds is 4. The average Bonchev–Trinajstić information content (AvgIpc) is 2.13. The van der Waals surface area contributed by atoms with E-state index in [0.29, 0.717) is 17.5 Å². The molecule has 0 aliphatic carbocycles. The molecule has 0 saturated heterocycles. The van der Waals surface area contributed by atoms with Gasteiger partial charge in [-0.3, -0.25) is 4.79 Å². The SMILES string of the molecule is [N-]=[N+]=NCCSc1nccc(=O)[nH]1. The number of nitrogens with zero attached hydrogens (tertiary/aromatic N) is 4. The number of hydrogen-bond acceptors (Lipinski definition) is 4. The Morgan fingerprint density at radius 2 is 2.62 bits per heavy atom. The highest BCUT2D eigenvalue weighted by molar-refractivity contribution is 7.99. The Morgan fingerprint density at radius 1 is 1.77 bits per heavy atom. The van der Waals surface area contributed by atoms with Gasteiger partial charge in [0.05, 0.1) is 0 Å². The van der Waals surface area contributed by atoms with E-state index in [-0.39, 0.29) is 5.56 Å². The number of nitrogens with one attached hydrogen (secondary N) is 1. The zero-order valence-corrected chi connectivity index (χ0v) is 7.49. The normalized spacial score (nSPS) is 9.23. The Balaban J connectivity index is 2.45. The summed E-state index contributed by atoms with van der Waals surface area (Å²) in [5.74, 6) is 0.608. The topological polar surface area (TPSA) is 94.5 Å². The maximum absolute atomic E-state index is 10.8. The van der Waals surface area contributed by atoms with Crippen molar-refractivity contribution in [1.29, 1.82) is 0 Å². The maximum atomic E-state index is 10.8. The average molecular weight is 197 g/mol. The first-order valence-electron chi connectivity index (χ1n) is 3.52. The molecule has 0 bridgehead atoms. The second-order valence-corrected chi connectivity index (χ2v) is 3.13. The summed E-state index contributed by atoms with van der Waals surface area (Å²) in [6.45, 7) is 0.389. The lowest BCUT2D eigenvalue weighted by molar-refractivity contribution is 0.934. The van der Waals surface area contributed by atoms with Crippen molar-refractivity contribution in [3.05, 3.63) is 33.1 Å². The van der Waals surface area contributed by atoms with E-state index in [0.717, 1.165) is 0 Å². The van der Waals surface area contributed by atoms with Gasteiger partial charge < -0.3 is 4.98 Å². The summed E-state index contributed by atoms with van der Waals surface area (Å²) in [6.07, 6.45) is 1.44. The largest absolute Gasteiger partial charge is 0.301 e. The van der Waals surface area contributed by atoms with Crippen molar-refractivity contribution in [1.82, 2.24) is 9.97 Å². The van der Waals surface area contributed by atoms with Crippen LogP contribution in [0.25, 0.3) is 10.4 Å². The predicted molar refractivity (Wildman–Crippen MR) is 49.6 cm³/mol. The monoisotopic (exact) mass is 197 g/mol. The Hall–Kier alpha value is -1.46. The fourth-order valence-corrected chi connectivity index (χ4v) is 1.33. The quantitative estimate of drug-likeness (QED) is 0.196. The number of H-pyrrole nitrogens is 1. The highest BCUT2D eigenvalue weighted by Gasteiger charge is 1.94. The van der Waals surface area contributed by atoms with Crippen LogP contribution in [0.15, 0.2) is 27.3 Å². The second kappa shape index (κ2) is 5.23. The lowest BCUT2D eigenvalue weighted by Gasteiger charge is -1.95. The van der Waals surface area contributed by atoms with E-state index >= 15 is 0 Å². The molecule has 0 spiro atoms. The van der Waals surface area contributed by atoms with Crippen LogP contribution in [0.3, 0.4) is 0 Å². The number of azide groups is 1. The van der Waals surface area contributed by atoms with Crippen LogP contribution in [-0.2, 0) is 0 Å². The second-order valence-electron chi connectivity index (χ2n) is 2.04. The van der Waals surface area contributed by atoms with Crippen LogP contribution in [0.5, 0.6) is 0 Å². The Kier molecular flexibility index (Phi) is 3.87. The van der Waals surface area contributed by atoms with Crippen molar-refractivity contribution >= 4 is 11.8 Å². The fourth-order valence-electron chi connectivity index (χ4n) is 0.653. The number of hydrogen-bond donors (Lipinski definition) is 1. The summed E-state index contributed by atoms with van der Waals surface area (Å²) >= 11 is 1.34. The molecule has 6 nitrogen and oxygen atoms in total. The standard InChI is InChI=1S/C6H7N5OS/c7-11-9-3-4-13-6-8-2-1-5(12)10-6/h1-2H,3-4H2,(H,8,10,12). The van der Waals surface area contributed by atoms with Crippen molar-refractivity contribution in [2.75, 3.05) is 12.3 Å². The third kappa shape index (κ3) is 3.64. The van der Waals surface area contributed by atoms with Gasteiger partial charge in [0.25, 0.3) is 5.56 Å². The van der Waals surface area contributed by atoms with Crippen molar-refractivity contribution in [2.24, 2.45) is 5.11 Å². The van der Waals surface area contributed by atoms with Crippen molar-refractivity contribution in [3.63, 3.8) is 0 Å². The van der Waals surface area contributed by atoms with E-state index in [1.807, 2.05) is 0 Å². The summed E-state index contributed by atoms with van der Waals surface area (Å²) < 4.78 is 0. The molecule has 13 heavy (non-hydrogen) atoms. The third-order valence-corrected chi connectivity index (χ3v) is 2.01. The molecule has 68 valence electrons. The Morgan fingerprint density at radius 3 is 3.31 bits per heavy atom. The molecular weight excluding hydrogens is 190 g/mol. The van der Waals surface area contributed by atoms with E-state index < -0.39 is 0 Å². The van der Waals surface area contributed by atoms with Crippen LogP contribution in [0.2, 0.25) is 0 Å². The lowest BCUT2D eigenvalue weighted by Crippen LogP contribution is -2.05. The summed E-state index contributed by atoms with van der Waals surface area (Å²) in [5.41, 5.74) is 7.80. The molecule has 0 saturated carbocycles. The van der Waals surface area contributed by atoms with Crippen LogP contribution >= 0.6 is 11.8 Å². The lowest BCUT2D eigenvalue weighted by atomic mass is 10.7. The van der Waals surface area contributed by atoms with Crippen molar-refractivity contribution in [2.45, 2.75) is 5.16 Å². The van der Waals surface area contributed by atoms with Gasteiger partial charge in [-0.1, -0.05) is 16.9 Å². The van der Waals surface area contributed by atoms with Crippen LogP contribution in [0, 0.1) is 0 Å². The highest BCUT2D eigenvalue weighted by Crippen LogP contribution is 2.08. The minimum Gasteiger partial charge on any atom is -0.301 e. The van der Waals surface area contributed by atoms with Gasteiger partial charge in [-0.15, -0.1) is 0 Å². The van der Waals surface area contributed by atoms with Gasteiger partial charge in [-0.2, -0.15) is 0 Å². The molecule has 0 atom stereocenters. The van der Waals surface area contributed by atoms with Gasteiger partial charge in [0, 0.05) is 29.5 Å². The molecule has 1 heterocycles. The zero-order chi connectivity index (χ0) is 9.52. The molecule has 1 aromatic rings. The van der Waals surface area contributed by atoms with Crippen molar-refractivity contribution in [3.8, 4) is 0 Å². The fraction of sp³-hybridized carbons (Fsp3) is 0.333. The zero-order valence-electron chi connectivity index (χ0n) is 6.67. The van der Waals surface area contributed by atoms with Gasteiger partial charge in [-0.05, 0) is 5.53 Å². The van der Waals surface area contributed by atoms with Gasteiger partial charge in [0.15, 0.2) is 5.16 Å².